The number of anilines is 5. The fourth-order valence-electron chi connectivity index (χ4n) is 4.34. The Hall–Kier alpha value is -3.44. The summed E-state index contributed by atoms with van der Waals surface area (Å²) in [6.07, 6.45) is 3.59. The first-order valence-electron chi connectivity index (χ1n) is 12.5. The number of nitrogens with zero attached hydrogens (tertiary/aromatic N) is 4. The van der Waals surface area contributed by atoms with E-state index in [1.54, 1.807) is 45.2 Å². The van der Waals surface area contributed by atoms with Crippen LogP contribution in [0, 0.1) is 0 Å². The van der Waals surface area contributed by atoms with Crippen LogP contribution in [-0.4, -0.2) is 61.4 Å². The van der Waals surface area contributed by atoms with Crippen LogP contribution in [0.4, 0.5) is 29.0 Å². The van der Waals surface area contributed by atoms with Gasteiger partial charge in [0.05, 0.1) is 28.6 Å². The van der Waals surface area contributed by atoms with Crippen molar-refractivity contribution in [2.45, 2.75) is 49.8 Å². The van der Waals surface area contributed by atoms with Crippen LogP contribution in [0.2, 0.25) is 0 Å². The summed E-state index contributed by atoms with van der Waals surface area (Å²) in [4.78, 5) is 15.4. The smallest absolute Gasteiger partial charge is 0.232 e. The first-order chi connectivity index (χ1) is 17.8. The lowest BCUT2D eigenvalue weighted by atomic mass is 10.0. The molecule has 2 aromatic carbocycles. The number of methoxy groups -OCH3 is 1. The Morgan fingerprint density at radius 2 is 1.70 bits per heavy atom. The molecule has 1 aromatic heterocycles. The number of hydrogen-bond donors (Lipinski definition) is 3. The summed E-state index contributed by atoms with van der Waals surface area (Å²) in [5.74, 6) is 1.21. The molecule has 37 heavy (non-hydrogen) atoms. The first-order valence-corrected chi connectivity index (χ1v) is 14.1. The number of hydrogen-bond acceptors (Lipinski definition) is 10. The van der Waals surface area contributed by atoms with Crippen molar-refractivity contribution in [2.75, 3.05) is 42.3 Å². The van der Waals surface area contributed by atoms with Gasteiger partial charge in [-0.1, -0.05) is 19.1 Å². The minimum Gasteiger partial charge on any atom is -0.494 e. The summed E-state index contributed by atoms with van der Waals surface area (Å²) >= 11 is 0. The molecule has 0 amide bonds. The molecule has 10 nitrogen and oxygen atoms in total. The maximum atomic E-state index is 12.8. The van der Waals surface area contributed by atoms with Gasteiger partial charge < -0.3 is 25.6 Å². The Morgan fingerprint density at radius 3 is 2.35 bits per heavy atom. The van der Waals surface area contributed by atoms with Crippen molar-refractivity contribution in [3.05, 3.63) is 48.8 Å². The SMILES string of the molecule is CCNC1CCN(c2ccc(Nc3ncnc(Nc4ccccc4S(=O)(=O)C(C)C)n3)c(OC)c2)CC1. The Balaban J connectivity index is 1.50. The Morgan fingerprint density at radius 1 is 1.03 bits per heavy atom. The molecule has 1 aliphatic heterocycles. The molecule has 2 heterocycles. The number of sulfone groups is 1. The normalized spacial score (nSPS) is 14.6. The van der Waals surface area contributed by atoms with Crippen molar-refractivity contribution in [1.29, 1.82) is 0 Å². The topological polar surface area (TPSA) is 121 Å². The quantitative estimate of drug-likeness (QED) is 0.356. The summed E-state index contributed by atoms with van der Waals surface area (Å²) in [6.45, 7) is 8.43. The predicted octanol–water partition coefficient (Wildman–Crippen LogP) is 4.13. The second kappa shape index (κ2) is 11.7. The summed E-state index contributed by atoms with van der Waals surface area (Å²) in [6, 6.07) is 13.3. The van der Waals surface area contributed by atoms with Crippen LogP contribution in [0.1, 0.15) is 33.6 Å². The molecule has 3 N–H and O–H groups in total. The summed E-state index contributed by atoms with van der Waals surface area (Å²) in [5, 5.41) is 9.20. The highest BCUT2D eigenvalue weighted by Crippen LogP contribution is 2.33. The summed E-state index contributed by atoms with van der Waals surface area (Å²) < 4.78 is 31.2. The highest BCUT2D eigenvalue weighted by Gasteiger charge is 2.23. The molecule has 0 atom stereocenters. The van der Waals surface area contributed by atoms with Crippen LogP contribution in [0.5, 0.6) is 5.75 Å². The van der Waals surface area contributed by atoms with E-state index in [9.17, 15) is 8.42 Å². The summed E-state index contributed by atoms with van der Waals surface area (Å²) in [5.41, 5.74) is 2.24. The lowest BCUT2D eigenvalue weighted by Crippen LogP contribution is -2.42. The first kappa shape index (κ1) is 26.6. The second-order valence-electron chi connectivity index (χ2n) is 9.18. The number of benzene rings is 2. The van der Waals surface area contributed by atoms with Gasteiger partial charge in [-0.05, 0) is 57.5 Å². The highest BCUT2D eigenvalue weighted by molar-refractivity contribution is 7.92. The molecule has 0 radical (unpaired) electrons. The van der Waals surface area contributed by atoms with Crippen molar-refractivity contribution in [3.8, 4) is 5.75 Å². The number of nitrogens with one attached hydrogen (secondary N) is 3. The molecule has 11 heteroatoms. The third-order valence-corrected chi connectivity index (χ3v) is 8.63. The fourth-order valence-corrected chi connectivity index (χ4v) is 5.54. The number of aromatic nitrogens is 3. The summed E-state index contributed by atoms with van der Waals surface area (Å²) in [7, 11) is -1.86. The molecule has 1 fully saturated rings. The van der Waals surface area contributed by atoms with Gasteiger partial charge >= 0.3 is 0 Å². The predicted molar refractivity (Wildman–Crippen MR) is 147 cm³/mol. The molecule has 3 aromatic rings. The molecule has 0 saturated carbocycles. The zero-order valence-electron chi connectivity index (χ0n) is 21.7. The Kier molecular flexibility index (Phi) is 8.45. The molecule has 0 aliphatic carbocycles. The molecular weight excluding hydrogens is 490 g/mol. The van der Waals surface area contributed by atoms with E-state index >= 15 is 0 Å². The lowest BCUT2D eigenvalue weighted by molar-refractivity contribution is 0.413. The van der Waals surface area contributed by atoms with Gasteiger partial charge in [0, 0.05) is 30.9 Å². The fraction of sp³-hybridized carbons (Fsp3) is 0.423. The molecule has 1 aliphatic rings. The van der Waals surface area contributed by atoms with E-state index in [1.165, 1.54) is 6.33 Å². The van der Waals surface area contributed by atoms with E-state index in [0.29, 0.717) is 29.1 Å². The van der Waals surface area contributed by atoms with Crippen LogP contribution in [0.15, 0.2) is 53.7 Å². The molecule has 198 valence electrons. The van der Waals surface area contributed by atoms with Crippen LogP contribution >= 0.6 is 0 Å². The third kappa shape index (κ3) is 6.28. The zero-order valence-corrected chi connectivity index (χ0v) is 22.5. The van der Waals surface area contributed by atoms with Crippen molar-refractivity contribution < 1.29 is 13.2 Å². The average Bonchev–Trinajstić information content (AvgIpc) is 2.90. The number of piperidine rings is 1. The Bertz CT molecular complexity index is 1310. The number of rotatable bonds is 10. The van der Waals surface area contributed by atoms with Crippen LogP contribution in [0.25, 0.3) is 0 Å². The molecule has 0 bridgehead atoms. The van der Waals surface area contributed by atoms with E-state index in [1.807, 2.05) is 12.1 Å². The molecule has 1 saturated heterocycles. The second-order valence-corrected chi connectivity index (χ2v) is 11.6. The minimum atomic E-state index is -3.49. The van der Waals surface area contributed by atoms with E-state index in [0.717, 1.165) is 38.2 Å². The largest absolute Gasteiger partial charge is 0.494 e. The van der Waals surface area contributed by atoms with Gasteiger partial charge in [0.15, 0.2) is 9.84 Å². The van der Waals surface area contributed by atoms with Gasteiger partial charge in [0.1, 0.15) is 12.1 Å². The van der Waals surface area contributed by atoms with Gasteiger partial charge in [0.25, 0.3) is 0 Å². The van der Waals surface area contributed by atoms with Crippen molar-refractivity contribution in [2.24, 2.45) is 0 Å². The van der Waals surface area contributed by atoms with Crippen LogP contribution < -0.4 is 25.6 Å². The minimum absolute atomic E-state index is 0.201. The van der Waals surface area contributed by atoms with E-state index in [4.69, 9.17) is 4.74 Å². The van der Waals surface area contributed by atoms with Crippen molar-refractivity contribution in [1.82, 2.24) is 20.3 Å². The molecule has 0 unspecified atom stereocenters. The maximum absolute atomic E-state index is 12.8. The maximum Gasteiger partial charge on any atom is 0.232 e. The Labute approximate surface area is 218 Å². The van der Waals surface area contributed by atoms with Gasteiger partial charge in [-0.2, -0.15) is 4.98 Å². The van der Waals surface area contributed by atoms with Gasteiger partial charge in [0.2, 0.25) is 11.9 Å². The van der Waals surface area contributed by atoms with Crippen molar-refractivity contribution >= 4 is 38.8 Å². The molecular formula is C26H35N7O3S. The van der Waals surface area contributed by atoms with Crippen LogP contribution in [0.3, 0.4) is 0 Å². The monoisotopic (exact) mass is 525 g/mol. The lowest BCUT2D eigenvalue weighted by Gasteiger charge is -2.34. The van der Waals surface area contributed by atoms with Gasteiger partial charge in [-0.3, -0.25) is 0 Å². The molecule has 4 rings (SSSR count). The highest BCUT2D eigenvalue weighted by atomic mass is 32.2. The third-order valence-electron chi connectivity index (χ3n) is 6.42. The van der Waals surface area contributed by atoms with E-state index in [2.05, 4.69) is 48.8 Å². The molecule has 0 spiro atoms. The van der Waals surface area contributed by atoms with Crippen molar-refractivity contribution in [3.63, 3.8) is 0 Å². The standard InChI is InChI=1S/C26H35N7O3S/c1-5-27-19-12-14-33(15-13-19)20-10-11-21(23(16-20)36-4)30-25-28-17-29-26(32-25)31-22-8-6-7-9-24(22)37(34,35)18(2)3/h6-11,16-19,27H,5,12-15H2,1-4H3,(H2,28,29,30,31,32). The number of ether oxygens (including phenoxy) is 1. The van der Waals surface area contributed by atoms with Gasteiger partial charge in [-0.15, -0.1) is 0 Å². The number of para-hydroxylation sites is 1. The van der Waals surface area contributed by atoms with E-state index in [-0.39, 0.29) is 10.8 Å². The zero-order chi connectivity index (χ0) is 26.4. The van der Waals surface area contributed by atoms with Gasteiger partial charge in [-0.25, -0.2) is 18.4 Å². The average molecular weight is 526 g/mol. The van der Waals surface area contributed by atoms with Crippen LogP contribution in [-0.2, 0) is 9.84 Å². The van der Waals surface area contributed by atoms with E-state index < -0.39 is 15.1 Å².